The van der Waals surface area contributed by atoms with Crippen LogP contribution in [0.1, 0.15) is 34.6 Å². The van der Waals surface area contributed by atoms with Crippen molar-refractivity contribution in [2.24, 2.45) is 0 Å². The number of amides is 1. The minimum Gasteiger partial charge on any atom is -0.346 e. The number of benzene rings is 1. The first-order valence-corrected chi connectivity index (χ1v) is 12.1. The maximum atomic E-state index is 12.9. The molecule has 9 heteroatoms. The summed E-state index contributed by atoms with van der Waals surface area (Å²) in [7, 11) is -3.57. The van der Waals surface area contributed by atoms with Crippen molar-refractivity contribution >= 4 is 27.3 Å². The summed E-state index contributed by atoms with van der Waals surface area (Å²) >= 11 is 1.46. The molecule has 1 aliphatic heterocycles. The molecule has 0 aliphatic carbocycles. The maximum absolute atomic E-state index is 12.9. The highest BCUT2D eigenvalue weighted by molar-refractivity contribution is 7.89. The van der Waals surface area contributed by atoms with Crippen LogP contribution in [-0.2, 0) is 16.6 Å². The van der Waals surface area contributed by atoms with Crippen LogP contribution in [0.4, 0.5) is 0 Å². The first-order chi connectivity index (χ1) is 14.5. The standard InChI is InChI=1S/C21H22N4O3S2/c26-21(23-14-20-24-19(15-29-20)16-7-9-22-10-8-16)17-5-4-6-18(13-17)30(27,28)25-11-2-1-3-12-25/h4-10,13,15H,1-3,11-12,14H2,(H,23,26). The summed E-state index contributed by atoms with van der Waals surface area (Å²) in [4.78, 5) is 21.3. The summed E-state index contributed by atoms with van der Waals surface area (Å²) in [6, 6.07) is 9.98. The van der Waals surface area contributed by atoms with Crippen molar-refractivity contribution in [3.63, 3.8) is 0 Å². The third-order valence-electron chi connectivity index (χ3n) is 4.98. The summed E-state index contributed by atoms with van der Waals surface area (Å²) in [6.07, 6.45) is 6.21. The fourth-order valence-electron chi connectivity index (χ4n) is 3.36. The summed E-state index contributed by atoms with van der Waals surface area (Å²) in [5.41, 5.74) is 2.12. The van der Waals surface area contributed by atoms with Gasteiger partial charge < -0.3 is 5.32 Å². The molecule has 156 valence electrons. The number of aromatic nitrogens is 2. The van der Waals surface area contributed by atoms with Crippen LogP contribution < -0.4 is 5.32 Å². The molecule has 0 spiro atoms. The Balaban J connectivity index is 1.43. The Hall–Kier alpha value is -2.62. The van der Waals surface area contributed by atoms with E-state index in [1.165, 1.54) is 21.7 Å². The van der Waals surface area contributed by atoms with E-state index < -0.39 is 10.0 Å². The van der Waals surface area contributed by atoms with Crippen molar-refractivity contribution < 1.29 is 13.2 Å². The van der Waals surface area contributed by atoms with E-state index in [2.05, 4.69) is 15.3 Å². The van der Waals surface area contributed by atoms with Crippen molar-refractivity contribution in [3.8, 4) is 11.3 Å². The lowest BCUT2D eigenvalue weighted by atomic mass is 10.2. The van der Waals surface area contributed by atoms with E-state index in [0.29, 0.717) is 18.7 Å². The molecule has 30 heavy (non-hydrogen) atoms. The number of thiazole rings is 1. The smallest absolute Gasteiger partial charge is 0.251 e. The molecule has 0 bridgehead atoms. The van der Waals surface area contributed by atoms with E-state index in [1.807, 2.05) is 17.5 Å². The number of carbonyl (C=O) groups is 1. The van der Waals surface area contributed by atoms with Crippen molar-refractivity contribution in [1.29, 1.82) is 0 Å². The van der Waals surface area contributed by atoms with Gasteiger partial charge in [0.15, 0.2) is 0 Å². The van der Waals surface area contributed by atoms with E-state index in [1.54, 1.807) is 30.6 Å². The Morgan fingerprint density at radius 2 is 1.87 bits per heavy atom. The lowest BCUT2D eigenvalue weighted by Gasteiger charge is -2.26. The van der Waals surface area contributed by atoms with Gasteiger partial charge in [0.2, 0.25) is 10.0 Å². The zero-order chi connectivity index (χ0) is 21.0. The summed E-state index contributed by atoms with van der Waals surface area (Å²) in [5, 5.41) is 5.53. The lowest BCUT2D eigenvalue weighted by Crippen LogP contribution is -2.35. The highest BCUT2D eigenvalue weighted by Crippen LogP contribution is 2.22. The van der Waals surface area contributed by atoms with Gasteiger partial charge in [-0.25, -0.2) is 13.4 Å². The molecule has 0 saturated carbocycles. The first-order valence-electron chi connectivity index (χ1n) is 9.77. The molecule has 1 aliphatic rings. The number of nitrogens with one attached hydrogen (secondary N) is 1. The SMILES string of the molecule is O=C(NCc1nc(-c2ccncc2)cs1)c1cccc(S(=O)(=O)N2CCCCC2)c1. The normalized spacial score (nSPS) is 15.1. The molecule has 3 heterocycles. The number of carbonyl (C=O) groups excluding carboxylic acids is 1. The fourth-order valence-corrected chi connectivity index (χ4v) is 5.66. The van der Waals surface area contributed by atoms with Crippen LogP contribution in [0.5, 0.6) is 0 Å². The predicted molar refractivity (Wildman–Crippen MR) is 116 cm³/mol. The van der Waals surface area contributed by atoms with Gasteiger partial charge in [0.05, 0.1) is 17.1 Å². The average molecular weight is 443 g/mol. The van der Waals surface area contributed by atoms with Crippen LogP contribution in [0.15, 0.2) is 59.1 Å². The summed E-state index contributed by atoms with van der Waals surface area (Å²) < 4.78 is 27.2. The van der Waals surface area contributed by atoms with Crippen LogP contribution >= 0.6 is 11.3 Å². The molecule has 0 radical (unpaired) electrons. The fraction of sp³-hybridized carbons (Fsp3) is 0.286. The van der Waals surface area contributed by atoms with Gasteiger partial charge in [-0.1, -0.05) is 12.5 Å². The first kappa shape index (κ1) is 20.6. The maximum Gasteiger partial charge on any atom is 0.251 e. The van der Waals surface area contributed by atoms with E-state index in [9.17, 15) is 13.2 Å². The molecule has 1 amide bonds. The van der Waals surface area contributed by atoms with Crippen LogP contribution in [0.25, 0.3) is 11.3 Å². The molecule has 2 aromatic heterocycles. The lowest BCUT2D eigenvalue weighted by molar-refractivity contribution is 0.0950. The highest BCUT2D eigenvalue weighted by atomic mass is 32.2. The molecule has 0 unspecified atom stereocenters. The van der Waals surface area contributed by atoms with Gasteiger partial charge in [-0.15, -0.1) is 11.3 Å². The Morgan fingerprint density at radius 3 is 2.63 bits per heavy atom. The molecule has 4 rings (SSSR count). The molecule has 7 nitrogen and oxygen atoms in total. The molecule has 1 N–H and O–H groups in total. The number of rotatable bonds is 6. The Morgan fingerprint density at radius 1 is 1.10 bits per heavy atom. The number of sulfonamides is 1. The molecule has 0 atom stereocenters. The summed E-state index contributed by atoms with van der Waals surface area (Å²) in [6.45, 7) is 1.34. The van der Waals surface area contributed by atoms with Crippen LogP contribution in [0, 0.1) is 0 Å². The van der Waals surface area contributed by atoms with Crippen molar-refractivity contribution in [2.75, 3.05) is 13.1 Å². The third kappa shape index (κ3) is 4.58. The molecule has 1 fully saturated rings. The van der Waals surface area contributed by atoms with E-state index in [-0.39, 0.29) is 17.3 Å². The largest absolute Gasteiger partial charge is 0.346 e. The van der Waals surface area contributed by atoms with Crippen molar-refractivity contribution in [1.82, 2.24) is 19.6 Å². The second-order valence-electron chi connectivity index (χ2n) is 7.04. The van der Waals surface area contributed by atoms with Gasteiger partial charge in [-0.3, -0.25) is 9.78 Å². The Kier molecular flexibility index (Phi) is 6.21. The van der Waals surface area contributed by atoms with Crippen molar-refractivity contribution in [3.05, 3.63) is 64.7 Å². The van der Waals surface area contributed by atoms with Gasteiger partial charge >= 0.3 is 0 Å². The monoisotopic (exact) mass is 442 g/mol. The van der Waals surface area contributed by atoms with Crippen molar-refractivity contribution in [2.45, 2.75) is 30.7 Å². The number of piperidine rings is 1. The van der Waals surface area contributed by atoms with Crippen LogP contribution in [0.3, 0.4) is 0 Å². The van der Waals surface area contributed by atoms with E-state index >= 15 is 0 Å². The second kappa shape index (κ2) is 9.03. The van der Waals surface area contributed by atoms with Gasteiger partial charge in [0.1, 0.15) is 5.01 Å². The topological polar surface area (TPSA) is 92.3 Å². The van der Waals surface area contributed by atoms with E-state index in [0.717, 1.165) is 35.5 Å². The Labute approximate surface area is 179 Å². The Bertz CT molecular complexity index is 1120. The predicted octanol–water partition coefficient (Wildman–Crippen LogP) is 3.31. The van der Waals surface area contributed by atoms with Gasteiger partial charge in [-0.05, 0) is 43.2 Å². The van der Waals surface area contributed by atoms with Gasteiger partial charge in [-0.2, -0.15) is 4.31 Å². The molecule has 3 aromatic rings. The van der Waals surface area contributed by atoms with E-state index in [4.69, 9.17) is 0 Å². The zero-order valence-electron chi connectivity index (χ0n) is 16.3. The zero-order valence-corrected chi connectivity index (χ0v) is 18.0. The second-order valence-corrected chi connectivity index (χ2v) is 9.92. The minimum atomic E-state index is -3.57. The molecule has 1 saturated heterocycles. The van der Waals surface area contributed by atoms with Gasteiger partial charge in [0.25, 0.3) is 5.91 Å². The number of hydrogen-bond acceptors (Lipinski definition) is 6. The quantitative estimate of drug-likeness (QED) is 0.632. The van der Waals surface area contributed by atoms with Gasteiger partial charge in [0, 0.05) is 42.0 Å². The average Bonchev–Trinajstić information content (AvgIpc) is 3.28. The number of pyridine rings is 1. The highest BCUT2D eigenvalue weighted by Gasteiger charge is 2.26. The molecular formula is C21H22N4O3S2. The third-order valence-corrected chi connectivity index (χ3v) is 7.72. The van der Waals surface area contributed by atoms with Crippen LogP contribution in [-0.4, -0.2) is 41.7 Å². The van der Waals surface area contributed by atoms with Crippen LogP contribution in [0.2, 0.25) is 0 Å². The summed E-state index contributed by atoms with van der Waals surface area (Å²) in [5.74, 6) is -0.327. The number of hydrogen-bond donors (Lipinski definition) is 1. The number of nitrogens with zero attached hydrogens (tertiary/aromatic N) is 3. The molecule has 1 aromatic carbocycles. The minimum absolute atomic E-state index is 0.159. The molecular weight excluding hydrogens is 420 g/mol.